The summed E-state index contributed by atoms with van der Waals surface area (Å²) in [5.74, 6) is 1.09. The van der Waals surface area contributed by atoms with Gasteiger partial charge in [0.25, 0.3) is 0 Å². The molecule has 0 saturated heterocycles. The number of hydrogen-bond donors (Lipinski definition) is 0. The van der Waals surface area contributed by atoms with E-state index < -0.39 is 0 Å². The summed E-state index contributed by atoms with van der Waals surface area (Å²) < 4.78 is 0. The average molecular weight is 373 g/mol. The molecule has 130 valence electrons. The highest BCUT2D eigenvalue weighted by Gasteiger charge is 2.23. The monoisotopic (exact) mass is 372 g/mol. The Bertz CT molecular complexity index is 819. The molecular formula is C20H21ClN2OS. The fourth-order valence-corrected chi connectivity index (χ4v) is 4.02. The normalized spacial score (nSPS) is 14.1. The van der Waals surface area contributed by atoms with Crippen molar-refractivity contribution in [1.29, 1.82) is 0 Å². The third kappa shape index (κ3) is 4.07. The Balaban J connectivity index is 1.95. The number of para-hydroxylation sites is 1. The average Bonchev–Trinajstić information content (AvgIpc) is 2.63. The topological polar surface area (TPSA) is 32.7 Å². The van der Waals surface area contributed by atoms with Crippen LogP contribution in [-0.2, 0) is 0 Å². The number of halogens is 1. The molecule has 1 aliphatic heterocycles. The van der Waals surface area contributed by atoms with Crippen molar-refractivity contribution in [2.24, 2.45) is 4.99 Å². The van der Waals surface area contributed by atoms with Crippen LogP contribution in [0.3, 0.4) is 0 Å². The van der Waals surface area contributed by atoms with Crippen molar-refractivity contribution in [3.8, 4) is 0 Å². The molecule has 1 aliphatic rings. The second-order valence-corrected chi connectivity index (χ2v) is 7.54. The molecule has 3 nitrogen and oxygen atoms in total. The number of hydrogen-bond acceptors (Lipinski definition) is 4. The van der Waals surface area contributed by atoms with E-state index in [4.69, 9.17) is 11.6 Å². The van der Waals surface area contributed by atoms with E-state index in [1.54, 1.807) is 11.8 Å². The summed E-state index contributed by atoms with van der Waals surface area (Å²) >= 11 is 8.09. The number of thioether (sulfide) groups is 1. The molecular weight excluding hydrogens is 352 g/mol. The zero-order valence-corrected chi connectivity index (χ0v) is 16.0. The van der Waals surface area contributed by atoms with Gasteiger partial charge in [0, 0.05) is 17.9 Å². The number of rotatable bonds is 4. The summed E-state index contributed by atoms with van der Waals surface area (Å²) in [4.78, 5) is 19.6. The van der Waals surface area contributed by atoms with Crippen LogP contribution in [-0.4, -0.2) is 29.8 Å². The van der Waals surface area contributed by atoms with Crippen molar-refractivity contribution in [1.82, 2.24) is 0 Å². The molecule has 0 N–H and O–H groups in total. The Kier molecular flexibility index (Phi) is 5.82. The maximum absolute atomic E-state index is 13.0. The minimum Gasteiger partial charge on any atom is -0.312 e. The maximum Gasteiger partial charge on any atom is 0.182 e. The molecule has 0 fully saturated rings. The smallest absolute Gasteiger partial charge is 0.182 e. The van der Waals surface area contributed by atoms with Gasteiger partial charge in [0.05, 0.1) is 17.3 Å². The zero-order valence-electron chi connectivity index (χ0n) is 14.5. The van der Waals surface area contributed by atoms with Gasteiger partial charge in [0.1, 0.15) is 0 Å². The van der Waals surface area contributed by atoms with Crippen LogP contribution in [0.1, 0.15) is 27.9 Å². The van der Waals surface area contributed by atoms with Gasteiger partial charge in [-0.25, -0.2) is 0 Å². The fraction of sp³-hybridized carbons (Fsp3) is 0.300. The Morgan fingerprint density at radius 1 is 1.20 bits per heavy atom. The molecule has 5 heteroatoms. The maximum atomic E-state index is 13.0. The highest BCUT2D eigenvalue weighted by atomic mass is 35.5. The fourth-order valence-electron chi connectivity index (χ4n) is 2.82. The molecule has 0 radical (unpaired) electrons. The molecule has 0 spiro atoms. The molecule has 2 aromatic carbocycles. The standard InChI is InChI=1S/C20H21ClN2OS/c1-14-7-5-8-16(15(14)2)19(24)13-23(20-22-11-6-12-25-20)18-10-4-3-9-17(18)21/h3-5,7-10H,6,11-13H2,1-2H3. The highest BCUT2D eigenvalue weighted by molar-refractivity contribution is 8.14. The van der Waals surface area contributed by atoms with E-state index in [1.807, 2.05) is 61.2 Å². The number of Topliss-reactive ketones (excluding diaryl/α,β-unsaturated/α-hetero) is 1. The first-order valence-electron chi connectivity index (χ1n) is 8.36. The largest absolute Gasteiger partial charge is 0.312 e. The summed E-state index contributed by atoms with van der Waals surface area (Å²) in [7, 11) is 0. The lowest BCUT2D eigenvalue weighted by Gasteiger charge is -2.28. The van der Waals surface area contributed by atoms with E-state index in [0.717, 1.165) is 46.3 Å². The molecule has 0 aliphatic carbocycles. The molecule has 0 bridgehead atoms. The van der Waals surface area contributed by atoms with Gasteiger partial charge in [-0.15, -0.1) is 0 Å². The van der Waals surface area contributed by atoms with Crippen LogP contribution in [0, 0.1) is 13.8 Å². The summed E-state index contributed by atoms with van der Waals surface area (Å²) in [5.41, 5.74) is 3.75. The highest BCUT2D eigenvalue weighted by Crippen LogP contribution is 2.30. The minimum absolute atomic E-state index is 0.0787. The van der Waals surface area contributed by atoms with E-state index in [2.05, 4.69) is 4.99 Å². The van der Waals surface area contributed by atoms with Gasteiger partial charge in [-0.3, -0.25) is 9.79 Å². The van der Waals surface area contributed by atoms with Crippen LogP contribution < -0.4 is 4.90 Å². The van der Waals surface area contributed by atoms with Crippen LogP contribution in [0.15, 0.2) is 47.5 Å². The van der Waals surface area contributed by atoms with E-state index >= 15 is 0 Å². The number of aliphatic imine (C=N–C) groups is 1. The predicted octanol–water partition coefficient (Wildman–Crippen LogP) is 5.14. The van der Waals surface area contributed by atoms with Crippen molar-refractivity contribution >= 4 is 40.0 Å². The van der Waals surface area contributed by atoms with E-state index in [1.165, 1.54) is 0 Å². The Hall–Kier alpha value is -1.78. The molecule has 3 rings (SSSR count). The number of amidine groups is 1. The summed E-state index contributed by atoms with van der Waals surface area (Å²) in [6.45, 7) is 5.05. The van der Waals surface area contributed by atoms with E-state index in [-0.39, 0.29) is 12.3 Å². The summed E-state index contributed by atoms with van der Waals surface area (Å²) in [5, 5.41) is 1.50. The second kappa shape index (κ2) is 8.07. The van der Waals surface area contributed by atoms with Crippen LogP contribution >= 0.6 is 23.4 Å². The number of anilines is 1. The van der Waals surface area contributed by atoms with Crippen LogP contribution in [0.2, 0.25) is 5.02 Å². The van der Waals surface area contributed by atoms with Crippen LogP contribution in [0.4, 0.5) is 5.69 Å². The second-order valence-electron chi connectivity index (χ2n) is 6.07. The quantitative estimate of drug-likeness (QED) is 0.696. The lowest BCUT2D eigenvalue weighted by atomic mass is 10.00. The third-order valence-electron chi connectivity index (χ3n) is 4.36. The Morgan fingerprint density at radius 3 is 2.72 bits per heavy atom. The first-order chi connectivity index (χ1) is 12.1. The molecule has 0 amide bonds. The van der Waals surface area contributed by atoms with Crippen molar-refractivity contribution in [2.45, 2.75) is 20.3 Å². The van der Waals surface area contributed by atoms with Gasteiger partial charge in [-0.05, 0) is 43.5 Å². The summed E-state index contributed by atoms with van der Waals surface area (Å²) in [6.07, 6.45) is 1.06. The number of benzene rings is 2. The van der Waals surface area contributed by atoms with Crippen molar-refractivity contribution in [3.63, 3.8) is 0 Å². The predicted molar refractivity (Wildman–Crippen MR) is 108 cm³/mol. The van der Waals surface area contributed by atoms with Crippen LogP contribution in [0.25, 0.3) is 0 Å². The molecule has 1 heterocycles. The van der Waals surface area contributed by atoms with Gasteiger partial charge in [0.2, 0.25) is 0 Å². The van der Waals surface area contributed by atoms with Crippen molar-refractivity contribution in [3.05, 3.63) is 64.2 Å². The lowest BCUT2D eigenvalue weighted by Crippen LogP contribution is -2.36. The third-order valence-corrected chi connectivity index (χ3v) is 5.78. The lowest BCUT2D eigenvalue weighted by molar-refractivity contribution is 0.100. The Labute approximate surface area is 158 Å². The first kappa shape index (κ1) is 18.0. The summed E-state index contributed by atoms with van der Waals surface area (Å²) in [6, 6.07) is 13.5. The van der Waals surface area contributed by atoms with E-state index in [9.17, 15) is 4.79 Å². The van der Waals surface area contributed by atoms with Gasteiger partial charge in [-0.1, -0.05) is 53.7 Å². The van der Waals surface area contributed by atoms with E-state index in [0.29, 0.717) is 5.02 Å². The zero-order chi connectivity index (χ0) is 17.8. The van der Waals surface area contributed by atoms with Crippen molar-refractivity contribution in [2.75, 3.05) is 23.7 Å². The number of carbonyl (C=O) groups is 1. The number of nitrogens with zero attached hydrogens (tertiary/aromatic N) is 2. The SMILES string of the molecule is Cc1cccc(C(=O)CN(C2=NCCCS2)c2ccccc2Cl)c1C. The number of carbonyl (C=O) groups excluding carboxylic acids is 1. The molecule has 2 aromatic rings. The van der Waals surface area contributed by atoms with Crippen molar-refractivity contribution < 1.29 is 4.79 Å². The van der Waals surface area contributed by atoms with Gasteiger partial charge in [0.15, 0.2) is 11.0 Å². The Morgan fingerprint density at radius 2 is 2.00 bits per heavy atom. The first-order valence-corrected chi connectivity index (χ1v) is 9.73. The van der Waals surface area contributed by atoms with Gasteiger partial charge in [-0.2, -0.15) is 0 Å². The molecule has 0 unspecified atom stereocenters. The molecule has 0 atom stereocenters. The number of ketones is 1. The molecule has 25 heavy (non-hydrogen) atoms. The van der Waals surface area contributed by atoms with Gasteiger partial charge >= 0.3 is 0 Å². The molecule has 0 aromatic heterocycles. The van der Waals surface area contributed by atoms with Crippen LogP contribution in [0.5, 0.6) is 0 Å². The van der Waals surface area contributed by atoms with Gasteiger partial charge < -0.3 is 4.90 Å². The minimum atomic E-state index is 0.0787. The molecule has 0 saturated carbocycles. The number of aryl methyl sites for hydroxylation is 1.